The number of ketones is 1. The maximum absolute atomic E-state index is 12.2. The summed E-state index contributed by atoms with van der Waals surface area (Å²) in [4.78, 5) is 13.1. The summed E-state index contributed by atoms with van der Waals surface area (Å²) in [5.41, 5.74) is 0. The molecule has 1 aliphatic carbocycles. The first-order valence-electron chi connectivity index (χ1n) is 5.55. The molecule has 0 spiro atoms. The molecule has 3 heteroatoms. The van der Waals surface area contributed by atoms with Crippen molar-refractivity contribution >= 4 is 33.0 Å². The van der Waals surface area contributed by atoms with Crippen LogP contribution in [-0.4, -0.2) is 5.78 Å². The Morgan fingerprint density at radius 3 is 2.47 bits per heavy atom. The molecule has 82 valence electrons. The molecule has 0 N–H and O–H groups in total. The van der Waals surface area contributed by atoms with Gasteiger partial charge < -0.3 is 0 Å². The standard InChI is InChI=1S/C12H15BrOS/c13-10-7-11(15-8-10)12(14)9-5-3-1-2-4-6-9/h7-9H,1-6H2. The van der Waals surface area contributed by atoms with Gasteiger partial charge in [0.15, 0.2) is 5.78 Å². The molecule has 15 heavy (non-hydrogen) atoms. The van der Waals surface area contributed by atoms with E-state index in [1.54, 1.807) is 11.3 Å². The molecule has 0 amide bonds. The number of Topliss-reactive ketones (excluding diaryl/α,β-unsaturated/α-hetero) is 1. The highest BCUT2D eigenvalue weighted by atomic mass is 79.9. The molecule has 1 aromatic heterocycles. The minimum absolute atomic E-state index is 0.290. The van der Waals surface area contributed by atoms with E-state index in [1.165, 1.54) is 25.7 Å². The van der Waals surface area contributed by atoms with E-state index in [9.17, 15) is 4.79 Å². The Kier molecular flexibility index (Phi) is 3.98. The van der Waals surface area contributed by atoms with Gasteiger partial charge in [0.25, 0.3) is 0 Å². The zero-order chi connectivity index (χ0) is 10.7. The summed E-state index contributed by atoms with van der Waals surface area (Å²) in [7, 11) is 0. The quantitative estimate of drug-likeness (QED) is 0.571. The molecule has 0 bridgehead atoms. The zero-order valence-corrected chi connectivity index (χ0v) is 11.1. The molecule has 1 aliphatic rings. The van der Waals surface area contributed by atoms with Crippen molar-refractivity contribution in [3.8, 4) is 0 Å². The van der Waals surface area contributed by atoms with Gasteiger partial charge >= 0.3 is 0 Å². The number of hydrogen-bond donors (Lipinski definition) is 0. The average molecular weight is 287 g/mol. The molecule has 0 unspecified atom stereocenters. The Morgan fingerprint density at radius 1 is 1.27 bits per heavy atom. The van der Waals surface area contributed by atoms with E-state index >= 15 is 0 Å². The van der Waals surface area contributed by atoms with Gasteiger partial charge in [-0.2, -0.15) is 0 Å². The fourth-order valence-corrected chi connectivity index (χ4v) is 3.63. The lowest BCUT2D eigenvalue weighted by molar-refractivity contribution is 0.0912. The molecular formula is C12H15BrOS. The van der Waals surface area contributed by atoms with Crippen LogP contribution in [0.4, 0.5) is 0 Å². The maximum Gasteiger partial charge on any atom is 0.175 e. The van der Waals surface area contributed by atoms with Crippen LogP contribution >= 0.6 is 27.3 Å². The van der Waals surface area contributed by atoms with Crippen LogP contribution in [0.2, 0.25) is 0 Å². The minimum atomic E-state index is 0.290. The van der Waals surface area contributed by atoms with Crippen LogP contribution in [-0.2, 0) is 0 Å². The van der Waals surface area contributed by atoms with Crippen molar-refractivity contribution in [2.45, 2.75) is 38.5 Å². The van der Waals surface area contributed by atoms with Crippen molar-refractivity contribution in [1.29, 1.82) is 0 Å². The highest BCUT2D eigenvalue weighted by molar-refractivity contribution is 9.10. The van der Waals surface area contributed by atoms with Gasteiger partial charge in [0.2, 0.25) is 0 Å². The van der Waals surface area contributed by atoms with Crippen molar-refractivity contribution in [3.05, 3.63) is 20.8 Å². The second-order valence-corrected chi connectivity index (χ2v) is 6.01. The number of rotatable bonds is 2. The Hall–Kier alpha value is -0.150. The Bertz CT molecular complexity index is 337. The molecule has 2 rings (SSSR count). The first-order chi connectivity index (χ1) is 7.27. The molecular weight excluding hydrogens is 272 g/mol. The van der Waals surface area contributed by atoms with E-state index in [2.05, 4.69) is 15.9 Å². The van der Waals surface area contributed by atoms with Crippen molar-refractivity contribution in [2.75, 3.05) is 0 Å². The molecule has 0 atom stereocenters. The van der Waals surface area contributed by atoms with Crippen molar-refractivity contribution in [2.24, 2.45) is 5.92 Å². The van der Waals surface area contributed by atoms with Crippen molar-refractivity contribution in [3.63, 3.8) is 0 Å². The van der Waals surface area contributed by atoms with E-state index in [4.69, 9.17) is 0 Å². The lowest BCUT2D eigenvalue weighted by Gasteiger charge is -2.10. The van der Waals surface area contributed by atoms with Gasteiger partial charge in [-0.05, 0) is 34.8 Å². The van der Waals surface area contributed by atoms with E-state index in [-0.39, 0.29) is 5.92 Å². The highest BCUT2D eigenvalue weighted by Crippen LogP contribution is 2.29. The smallest absolute Gasteiger partial charge is 0.175 e. The summed E-state index contributed by atoms with van der Waals surface area (Å²) in [5.74, 6) is 0.658. The maximum atomic E-state index is 12.2. The molecule has 1 fully saturated rings. The minimum Gasteiger partial charge on any atom is -0.293 e. The van der Waals surface area contributed by atoms with Crippen molar-refractivity contribution in [1.82, 2.24) is 0 Å². The predicted octanol–water partition coefficient (Wildman–Crippen LogP) is 4.66. The number of carbonyl (C=O) groups is 1. The van der Waals surface area contributed by atoms with Crippen LogP contribution in [0.3, 0.4) is 0 Å². The van der Waals surface area contributed by atoms with E-state index in [0.29, 0.717) is 5.78 Å². The molecule has 0 aliphatic heterocycles. The van der Waals surface area contributed by atoms with E-state index in [0.717, 1.165) is 22.2 Å². The topological polar surface area (TPSA) is 17.1 Å². The first kappa shape index (κ1) is 11.3. The summed E-state index contributed by atoms with van der Waals surface area (Å²) >= 11 is 4.96. The normalized spacial score (nSPS) is 18.7. The number of hydrogen-bond acceptors (Lipinski definition) is 2. The Labute approximate surface area is 103 Å². The predicted molar refractivity (Wildman–Crippen MR) is 67.5 cm³/mol. The summed E-state index contributed by atoms with van der Waals surface area (Å²) < 4.78 is 1.03. The molecule has 1 nitrogen and oxygen atoms in total. The number of halogens is 1. The average Bonchev–Trinajstić information content (AvgIpc) is 2.53. The third-order valence-corrected chi connectivity index (χ3v) is 4.74. The van der Waals surface area contributed by atoms with Crippen molar-refractivity contribution < 1.29 is 4.79 Å². The number of thiophene rings is 1. The molecule has 0 saturated heterocycles. The third kappa shape index (κ3) is 2.91. The number of carbonyl (C=O) groups excluding carboxylic acids is 1. The van der Waals surface area contributed by atoms with Gasteiger partial charge in [0.05, 0.1) is 4.88 Å². The summed E-state index contributed by atoms with van der Waals surface area (Å²) in [6.45, 7) is 0. The molecule has 1 heterocycles. The van der Waals surface area contributed by atoms with Gasteiger partial charge in [0, 0.05) is 15.8 Å². The SMILES string of the molecule is O=C(c1cc(Br)cs1)C1CCCCCC1. The summed E-state index contributed by atoms with van der Waals surface area (Å²) in [6.07, 6.45) is 7.24. The molecule has 1 saturated carbocycles. The van der Waals surface area contributed by atoms with Gasteiger partial charge in [-0.1, -0.05) is 25.7 Å². The Balaban J connectivity index is 2.06. The van der Waals surface area contributed by atoms with Gasteiger partial charge in [-0.15, -0.1) is 11.3 Å². The molecule has 0 radical (unpaired) electrons. The highest BCUT2D eigenvalue weighted by Gasteiger charge is 2.22. The Morgan fingerprint density at radius 2 is 1.93 bits per heavy atom. The lowest BCUT2D eigenvalue weighted by atomic mass is 9.95. The van der Waals surface area contributed by atoms with Crippen LogP contribution in [0.15, 0.2) is 15.9 Å². The second-order valence-electron chi connectivity index (χ2n) is 4.18. The van der Waals surface area contributed by atoms with Gasteiger partial charge in [-0.25, -0.2) is 0 Å². The van der Waals surface area contributed by atoms with Gasteiger partial charge in [0.1, 0.15) is 0 Å². The van der Waals surface area contributed by atoms with Crippen LogP contribution in [0.5, 0.6) is 0 Å². The molecule has 1 aromatic rings. The first-order valence-corrected chi connectivity index (χ1v) is 7.23. The van der Waals surface area contributed by atoms with Crippen LogP contribution < -0.4 is 0 Å². The largest absolute Gasteiger partial charge is 0.293 e. The fraction of sp³-hybridized carbons (Fsp3) is 0.583. The van der Waals surface area contributed by atoms with Crippen LogP contribution in [0.1, 0.15) is 48.2 Å². The second kappa shape index (κ2) is 5.26. The lowest BCUT2D eigenvalue weighted by Crippen LogP contribution is -2.12. The van der Waals surface area contributed by atoms with Gasteiger partial charge in [-0.3, -0.25) is 4.79 Å². The summed E-state index contributed by atoms with van der Waals surface area (Å²) in [5, 5.41) is 1.99. The van der Waals surface area contributed by atoms with E-state index in [1.807, 2.05) is 11.4 Å². The third-order valence-electron chi connectivity index (χ3n) is 3.04. The van der Waals surface area contributed by atoms with E-state index < -0.39 is 0 Å². The summed E-state index contributed by atoms with van der Waals surface area (Å²) in [6, 6.07) is 1.96. The van der Waals surface area contributed by atoms with Crippen LogP contribution in [0, 0.1) is 5.92 Å². The molecule has 0 aromatic carbocycles. The monoisotopic (exact) mass is 286 g/mol. The fourth-order valence-electron chi connectivity index (χ4n) is 2.18. The van der Waals surface area contributed by atoms with Crippen LogP contribution in [0.25, 0.3) is 0 Å². The zero-order valence-electron chi connectivity index (χ0n) is 8.67.